The summed E-state index contributed by atoms with van der Waals surface area (Å²) in [5.74, 6) is -0.944. The van der Waals surface area contributed by atoms with Crippen LogP contribution in [0.15, 0.2) is 35.3 Å². The number of esters is 1. The number of aromatic amines is 1. The summed E-state index contributed by atoms with van der Waals surface area (Å²) in [6.45, 7) is 1.78. The van der Waals surface area contributed by atoms with Crippen LogP contribution in [0.25, 0.3) is 11.1 Å². The van der Waals surface area contributed by atoms with Crippen LogP contribution in [0, 0.1) is 5.82 Å². The molecule has 1 aromatic heterocycles. The Bertz CT molecular complexity index is 689. The predicted molar refractivity (Wildman–Crippen MR) is 73.2 cm³/mol. The summed E-state index contributed by atoms with van der Waals surface area (Å²) in [5, 5.41) is 0. The summed E-state index contributed by atoms with van der Waals surface area (Å²) in [6.07, 6.45) is 1.84. The molecule has 0 radical (unpaired) electrons. The minimum atomic E-state index is -0.577. The van der Waals surface area contributed by atoms with Crippen LogP contribution >= 0.6 is 0 Å². The van der Waals surface area contributed by atoms with Crippen molar-refractivity contribution in [2.45, 2.75) is 13.3 Å². The first kappa shape index (κ1) is 14.0. The molecular formula is C15H14FNO3. The molecule has 0 amide bonds. The molecule has 0 fully saturated rings. The first-order chi connectivity index (χ1) is 9.58. The third-order valence-electron chi connectivity index (χ3n) is 3.09. The topological polar surface area (TPSA) is 59.2 Å². The average molecular weight is 275 g/mol. The van der Waals surface area contributed by atoms with Crippen LogP contribution in [-0.2, 0) is 11.2 Å². The Morgan fingerprint density at radius 2 is 1.95 bits per heavy atom. The minimum absolute atomic E-state index is 0.227. The van der Waals surface area contributed by atoms with Crippen molar-refractivity contribution in [3.05, 3.63) is 57.8 Å². The first-order valence-corrected chi connectivity index (χ1v) is 6.17. The van der Waals surface area contributed by atoms with E-state index >= 15 is 0 Å². The van der Waals surface area contributed by atoms with Gasteiger partial charge in [0.2, 0.25) is 0 Å². The largest absolute Gasteiger partial charge is 0.465 e. The SMILES string of the molecule is CCc1c(C(=O)OC)c(-c2ccc(F)cc2)c[nH]c1=O. The highest BCUT2D eigenvalue weighted by molar-refractivity contribution is 5.98. The zero-order valence-corrected chi connectivity index (χ0v) is 11.2. The molecule has 5 heteroatoms. The summed E-state index contributed by atoms with van der Waals surface area (Å²) >= 11 is 0. The zero-order chi connectivity index (χ0) is 14.7. The number of halogens is 1. The van der Waals surface area contributed by atoms with Crippen molar-refractivity contribution < 1.29 is 13.9 Å². The van der Waals surface area contributed by atoms with Crippen LogP contribution < -0.4 is 5.56 Å². The second kappa shape index (κ2) is 5.69. The molecule has 2 aromatic rings. The molecule has 1 heterocycles. The summed E-state index contributed by atoms with van der Waals surface area (Å²) < 4.78 is 17.7. The fourth-order valence-electron chi connectivity index (χ4n) is 2.10. The molecule has 0 bridgehead atoms. The molecule has 20 heavy (non-hydrogen) atoms. The van der Waals surface area contributed by atoms with Crippen molar-refractivity contribution in [2.24, 2.45) is 0 Å². The molecular weight excluding hydrogens is 261 g/mol. The van der Waals surface area contributed by atoms with Gasteiger partial charge in [-0.2, -0.15) is 0 Å². The third kappa shape index (κ3) is 2.47. The number of methoxy groups -OCH3 is 1. The molecule has 0 saturated carbocycles. The van der Waals surface area contributed by atoms with Gasteiger partial charge >= 0.3 is 5.97 Å². The van der Waals surface area contributed by atoms with Crippen LogP contribution in [0.5, 0.6) is 0 Å². The van der Waals surface area contributed by atoms with Crippen LogP contribution in [0.4, 0.5) is 4.39 Å². The normalized spacial score (nSPS) is 10.3. The Balaban J connectivity index is 2.72. The van der Waals surface area contributed by atoms with Gasteiger partial charge < -0.3 is 9.72 Å². The van der Waals surface area contributed by atoms with Crippen molar-refractivity contribution in [2.75, 3.05) is 7.11 Å². The number of rotatable bonds is 3. The molecule has 0 aliphatic carbocycles. The number of benzene rings is 1. The minimum Gasteiger partial charge on any atom is -0.465 e. The zero-order valence-electron chi connectivity index (χ0n) is 11.2. The average Bonchev–Trinajstić information content (AvgIpc) is 2.47. The second-order valence-electron chi connectivity index (χ2n) is 4.24. The van der Waals surface area contributed by atoms with Crippen molar-refractivity contribution >= 4 is 5.97 Å². The van der Waals surface area contributed by atoms with Crippen LogP contribution in [0.3, 0.4) is 0 Å². The standard InChI is InChI=1S/C15H14FNO3/c1-3-11-13(15(19)20-2)12(8-17-14(11)18)9-4-6-10(16)7-5-9/h4-8H,3H2,1-2H3,(H,17,18). The number of hydrogen-bond acceptors (Lipinski definition) is 3. The summed E-state index contributed by atoms with van der Waals surface area (Å²) in [4.78, 5) is 26.4. The lowest BCUT2D eigenvalue weighted by Gasteiger charge is -2.11. The van der Waals surface area contributed by atoms with E-state index in [1.54, 1.807) is 19.1 Å². The number of carbonyl (C=O) groups excluding carboxylic acids is 1. The maximum atomic E-state index is 13.0. The molecule has 104 valence electrons. The van der Waals surface area contributed by atoms with Gasteiger partial charge in [-0.15, -0.1) is 0 Å². The lowest BCUT2D eigenvalue weighted by molar-refractivity contribution is 0.0600. The summed E-state index contributed by atoms with van der Waals surface area (Å²) in [5.41, 5.74) is 1.42. The number of carbonyl (C=O) groups is 1. The molecule has 0 atom stereocenters. The van der Waals surface area contributed by atoms with Crippen molar-refractivity contribution in [1.29, 1.82) is 0 Å². The second-order valence-corrected chi connectivity index (χ2v) is 4.24. The van der Waals surface area contributed by atoms with Crippen molar-refractivity contribution in [3.8, 4) is 11.1 Å². The Kier molecular flexibility index (Phi) is 3.98. The van der Waals surface area contributed by atoms with Crippen molar-refractivity contribution in [1.82, 2.24) is 4.98 Å². The molecule has 0 spiro atoms. The van der Waals surface area contributed by atoms with E-state index in [1.807, 2.05) is 0 Å². The Morgan fingerprint density at radius 3 is 2.50 bits per heavy atom. The molecule has 2 rings (SSSR count). The van der Waals surface area contributed by atoms with Gasteiger partial charge in [-0.3, -0.25) is 4.79 Å². The van der Waals surface area contributed by atoms with Crippen LogP contribution in [0.1, 0.15) is 22.8 Å². The van der Waals surface area contributed by atoms with E-state index in [1.165, 1.54) is 25.4 Å². The highest BCUT2D eigenvalue weighted by Crippen LogP contribution is 2.25. The van der Waals surface area contributed by atoms with E-state index in [4.69, 9.17) is 4.74 Å². The Labute approximate surface area is 115 Å². The monoisotopic (exact) mass is 275 g/mol. The fourth-order valence-corrected chi connectivity index (χ4v) is 2.10. The smallest absolute Gasteiger partial charge is 0.339 e. The van der Waals surface area contributed by atoms with E-state index in [2.05, 4.69) is 4.98 Å². The van der Waals surface area contributed by atoms with E-state index in [0.29, 0.717) is 23.1 Å². The number of pyridine rings is 1. The molecule has 4 nitrogen and oxygen atoms in total. The molecule has 1 N–H and O–H groups in total. The van der Waals surface area contributed by atoms with E-state index in [0.717, 1.165) is 0 Å². The highest BCUT2D eigenvalue weighted by atomic mass is 19.1. The van der Waals surface area contributed by atoms with Gasteiger partial charge in [-0.25, -0.2) is 9.18 Å². The summed E-state index contributed by atoms with van der Waals surface area (Å²) in [7, 11) is 1.26. The molecule has 0 saturated heterocycles. The van der Waals surface area contributed by atoms with E-state index < -0.39 is 5.97 Å². The molecule has 0 aliphatic heterocycles. The third-order valence-corrected chi connectivity index (χ3v) is 3.09. The fraction of sp³-hybridized carbons (Fsp3) is 0.200. The lowest BCUT2D eigenvalue weighted by Crippen LogP contribution is -2.19. The van der Waals surface area contributed by atoms with Gasteiger partial charge in [0.15, 0.2) is 0 Å². The van der Waals surface area contributed by atoms with Gasteiger partial charge in [0, 0.05) is 17.3 Å². The van der Waals surface area contributed by atoms with E-state index in [-0.39, 0.29) is 16.9 Å². The number of ether oxygens (including phenoxy) is 1. The molecule has 0 aliphatic rings. The van der Waals surface area contributed by atoms with Gasteiger partial charge in [0.05, 0.1) is 12.7 Å². The number of nitrogens with one attached hydrogen (secondary N) is 1. The maximum absolute atomic E-state index is 13.0. The Hall–Kier alpha value is -2.43. The predicted octanol–water partition coefficient (Wildman–Crippen LogP) is 2.53. The van der Waals surface area contributed by atoms with Gasteiger partial charge in [0.25, 0.3) is 5.56 Å². The Morgan fingerprint density at radius 1 is 1.30 bits per heavy atom. The van der Waals surface area contributed by atoms with Crippen molar-refractivity contribution in [3.63, 3.8) is 0 Å². The molecule has 0 unspecified atom stereocenters. The number of H-pyrrole nitrogens is 1. The summed E-state index contributed by atoms with van der Waals surface area (Å²) in [6, 6.07) is 5.70. The van der Waals surface area contributed by atoms with E-state index in [9.17, 15) is 14.0 Å². The highest BCUT2D eigenvalue weighted by Gasteiger charge is 2.20. The quantitative estimate of drug-likeness (QED) is 0.876. The number of aromatic nitrogens is 1. The maximum Gasteiger partial charge on any atom is 0.339 e. The van der Waals surface area contributed by atoms with Gasteiger partial charge in [0.1, 0.15) is 5.82 Å². The van der Waals surface area contributed by atoms with Crippen LogP contribution in [-0.4, -0.2) is 18.1 Å². The van der Waals surface area contributed by atoms with Gasteiger partial charge in [-0.05, 0) is 24.1 Å². The first-order valence-electron chi connectivity index (χ1n) is 6.17. The van der Waals surface area contributed by atoms with Gasteiger partial charge in [-0.1, -0.05) is 19.1 Å². The lowest BCUT2D eigenvalue weighted by atomic mass is 9.97. The molecule has 1 aromatic carbocycles. The number of hydrogen-bond donors (Lipinski definition) is 1. The van der Waals surface area contributed by atoms with Crippen LogP contribution in [0.2, 0.25) is 0 Å².